The molecular formula is C25H25N3O2. The van der Waals surface area contributed by atoms with Crippen molar-refractivity contribution in [1.82, 2.24) is 4.98 Å². The number of anilines is 2. The molecule has 0 N–H and O–H groups in total. The molecule has 0 radical (unpaired) electrons. The van der Waals surface area contributed by atoms with Gasteiger partial charge in [0.1, 0.15) is 5.82 Å². The number of hydrogen-bond acceptors (Lipinski definition) is 3. The van der Waals surface area contributed by atoms with Crippen LogP contribution in [0.25, 0.3) is 0 Å². The molecule has 5 heteroatoms. The Kier molecular flexibility index (Phi) is 5.61. The van der Waals surface area contributed by atoms with Gasteiger partial charge in [-0.15, -0.1) is 0 Å². The van der Waals surface area contributed by atoms with Crippen molar-refractivity contribution in [2.75, 3.05) is 16.3 Å². The third-order valence-electron chi connectivity index (χ3n) is 5.37. The number of rotatable bonds is 5. The second-order valence-electron chi connectivity index (χ2n) is 7.85. The summed E-state index contributed by atoms with van der Waals surface area (Å²) < 4.78 is 0. The normalized spacial score (nSPS) is 16.0. The molecule has 30 heavy (non-hydrogen) atoms. The topological polar surface area (TPSA) is 53.5 Å². The fraction of sp³-hybridized carbons (Fsp3) is 0.240. The lowest BCUT2D eigenvalue weighted by molar-refractivity contribution is -0.124. The Hall–Kier alpha value is -3.47. The molecule has 0 bridgehead atoms. The molecule has 152 valence electrons. The summed E-state index contributed by atoms with van der Waals surface area (Å²) in [6.45, 7) is 4.84. The van der Waals surface area contributed by atoms with Crippen LogP contribution in [0.5, 0.6) is 0 Å². The van der Waals surface area contributed by atoms with E-state index in [0.29, 0.717) is 18.9 Å². The lowest BCUT2D eigenvalue weighted by Crippen LogP contribution is -2.37. The largest absolute Gasteiger partial charge is 0.312 e. The van der Waals surface area contributed by atoms with Gasteiger partial charge in [0.15, 0.2) is 0 Å². The first-order valence-electron chi connectivity index (χ1n) is 10.2. The van der Waals surface area contributed by atoms with E-state index in [1.807, 2.05) is 74.5 Å². The first-order valence-corrected chi connectivity index (χ1v) is 10.2. The summed E-state index contributed by atoms with van der Waals surface area (Å²) >= 11 is 0. The van der Waals surface area contributed by atoms with E-state index < -0.39 is 5.92 Å². The second kappa shape index (κ2) is 8.49. The standard InChI is InChI=1S/C25H25N3O2/c1-18-12-19(2)14-22(13-18)27-17-21(15-24(27)29)25(30)28(23-10-6-7-11-26-23)16-20-8-4-3-5-9-20/h3-14,21H,15-17H2,1-2H3. The predicted octanol–water partition coefficient (Wildman–Crippen LogP) is 4.28. The summed E-state index contributed by atoms with van der Waals surface area (Å²) in [4.78, 5) is 34.1. The lowest BCUT2D eigenvalue weighted by Gasteiger charge is -2.25. The minimum absolute atomic E-state index is 0.0148. The molecule has 0 spiro atoms. The zero-order chi connectivity index (χ0) is 21.1. The molecule has 4 rings (SSSR count). The molecule has 2 heterocycles. The van der Waals surface area contributed by atoms with Gasteiger partial charge in [0.2, 0.25) is 11.8 Å². The van der Waals surface area contributed by atoms with Crippen molar-refractivity contribution in [2.24, 2.45) is 5.92 Å². The number of amides is 2. The van der Waals surface area contributed by atoms with Gasteiger partial charge in [0.25, 0.3) is 0 Å². The van der Waals surface area contributed by atoms with Crippen molar-refractivity contribution in [3.63, 3.8) is 0 Å². The van der Waals surface area contributed by atoms with Crippen molar-refractivity contribution in [2.45, 2.75) is 26.8 Å². The van der Waals surface area contributed by atoms with Gasteiger partial charge >= 0.3 is 0 Å². The van der Waals surface area contributed by atoms with E-state index in [1.165, 1.54) is 0 Å². The maximum atomic E-state index is 13.5. The van der Waals surface area contributed by atoms with Gasteiger partial charge in [-0.1, -0.05) is 42.5 Å². The van der Waals surface area contributed by atoms with Crippen LogP contribution in [0, 0.1) is 19.8 Å². The Balaban J connectivity index is 1.59. The van der Waals surface area contributed by atoms with Crippen LogP contribution < -0.4 is 9.80 Å². The highest BCUT2D eigenvalue weighted by Crippen LogP contribution is 2.29. The van der Waals surface area contributed by atoms with Crippen LogP contribution in [-0.4, -0.2) is 23.3 Å². The van der Waals surface area contributed by atoms with Gasteiger partial charge < -0.3 is 4.90 Å². The average Bonchev–Trinajstić information content (AvgIpc) is 3.14. The van der Waals surface area contributed by atoms with Crippen molar-refractivity contribution >= 4 is 23.3 Å². The quantitative estimate of drug-likeness (QED) is 0.643. The molecule has 1 saturated heterocycles. The number of aromatic nitrogens is 1. The van der Waals surface area contributed by atoms with Crippen LogP contribution in [0.1, 0.15) is 23.1 Å². The van der Waals surface area contributed by atoms with Crippen LogP contribution >= 0.6 is 0 Å². The number of benzene rings is 2. The molecule has 0 aliphatic carbocycles. The van der Waals surface area contributed by atoms with Crippen molar-refractivity contribution in [1.29, 1.82) is 0 Å². The van der Waals surface area contributed by atoms with E-state index in [4.69, 9.17) is 0 Å². The van der Waals surface area contributed by atoms with Crippen LogP contribution in [-0.2, 0) is 16.1 Å². The molecule has 5 nitrogen and oxygen atoms in total. The molecule has 1 unspecified atom stereocenters. The molecule has 2 amide bonds. The summed E-state index contributed by atoms with van der Waals surface area (Å²) in [5.41, 5.74) is 4.09. The van der Waals surface area contributed by atoms with Crippen molar-refractivity contribution in [3.8, 4) is 0 Å². The van der Waals surface area contributed by atoms with Crippen LogP contribution in [0.2, 0.25) is 0 Å². The van der Waals surface area contributed by atoms with Gasteiger partial charge in [0, 0.05) is 24.8 Å². The maximum absolute atomic E-state index is 13.5. The number of pyridine rings is 1. The first-order chi connectivity index (χ1) is 14.5. The lowest BCUT2D eigenvalue weighted by atomic mass is 10.1. The smallest absolute Gasteiger partial charge is 0.233 e. The van der Waals surface area contributed by atoms with Crippen LogP contribution in [0.3, 0.4) is 0 Å². The fourth-order valence-electron chi connectivity index (χ4n) is 4.00. The molecular weight excluding hydrogens is 374 g/mol. The number of aryl methyl sites for hydroxylation is 2. The fourth-order valence-corrected chi connectivity index (χ4v) is 4.00. The zero-order valence-electron chi connectivity index (χ0n) is 17.3. The summed E-state index contributed by atoms with van der Waals surface area (Å²) in [6, 6.07) is 21.5. The highest BCUT2D eigenvalue weighted by atomic mass is 16.2. The van der Waals surface area contributed by atoms with E-state index in [0.717, 1.165) is 22.4 Å². The van der Waals surface area contributed by atoms with Gasteiger partial charge in [-0.3, -0.25) is 14.5 Å². The van der Waals surface area contributed by atoms with Crippen molar-refractivity contribution in [3.05, 3.63) is 89.6 Å². The number of hydrogen-bond donors (Lipinski definition) is 0. The molecule has 0 saturated carbocycles. The second-order valence-corrected chi connectivity index (χ2v) is 7.85. The maximum Gasteiger partial charge on any atom is 0.233 e. The minimum atomic E-state index is -0.399. The Morgan fingerprint density at radius 1 is 1.03 bits per heavy atom. The number of carbonyl (C=O) groups excluding carboxylic acids is 2. The van der Waals surface area contributed by atoms with E-state index in [1.54, 1.807) is 16.0 Å². The zero-order valence-corrected chi connectivity index (χ0v) is 17.3. The molecule has 1 aliphatic heterocycles. The van der Waals surface area contributed by atoms with Crippen LogP contribution in [0.15, 0.2) is 72.9 Å². The Bertz CT molecular complexity index is 1030. The Morgan fingerprint density at radius 3 is 2.40 bits per heavy atom. The van der Waals surface area contributed by atoms with E-state index >= 15 is 0 Å². The third kappa shape index (κ3) is 4.25. The summed E-state index contributed by atoms with van der Waals surface area (Å²) in [6.07, 6.45) is 1.90. The predicted molar refractivity (Wildman–Crippen MR) is 118 cm³/mol. The molecule has 2 aromatic carbocycles. The van der Waals surface area contributed by atoms with Gasteiger partial charge in [-0.25, -0.2) is 4.98 Å². The average molecular weight is 399 g/mol. The summed E-state index contributed by atoms with van der Waals surface area (Å²) in [5.74, 6) is 0.115. The Labute approximate surface area is 177 Å². The highest BCUT2D eigenvalue weighted by Gasteiger charge is 2.38. The van der Waals surface area contributed by atoms with Gasteiger partial charge in [-0.05, 0) is 54.8 Å². The summed E-state index contributed by atoms with van der Waals surface area (Å²) in [7, 11) is 0. The number of carbonyl (C=O) groups is 2. The third-order valence-corrected chi connectivity index (χ3v) is 5.37. The van der Waals surface area contributed by atoms with Crippen LogP contribution in [0.4, 0.5) is 11.5 Å². The molecule has 1 aromatic heterocycles. The molecule has 1 aliphatic rings. The SMILES string of the molecule is Cc1cc(C)cc(N2CC(C(=O)N(Cc3ccccc3)c3ccccn3)CC2=O)c1. The molecule has 1 atom stereocenters. The first kappa shape index (κ1) is 19.8. The summed E-state index contributed by atoms with van der Waals surface area (Å²) in [5, 5.41) is 0. The van der Waals surface area contributed by atoms with E-state index in [2.05, 4.69) is 11.1 Å². The monoisotopic (exact) mass is 399 g/mol. The minimum Gasteiger partial charge on any atom is -0.312 e. The molecule has 3 aromatic rings. The van der Waals surface area contributed by atoms with E-state index in [9.17, 15) is 9.59 Å². The van der Waals surface area contributed by atoms with E-state index in [-0.39, 0.29) is 18.2 Å². The highest BCUT2D eigenvalue weighted by molar-refractivity contribution is 6.04. The van der Waals surface area contributed by atoms with Crippen molar-refractivity contribution < 1.29 is 9.59 Å². The number of nitrogens with zero attached hydrogens (tertiary/aromatic N) is 3. The molecule has 1 fully saturated rings. The van der Waals surface area contributed by atoms with Gasteiger partial charge in [0.05, 0.1) is 12.5 Å². The Morgan fingerprint density at radius 2 is 1.73 bits per heavy atom. The van der Waals surface area contributed by atoms with Gasteiger partial charge in [-0.2, -0.15) is 0 Å².